The van der Waals surface area contributed by atoms with Crippen LogP contribution in [0.25, 0.3) is 0 Å². The highest BCUT2D eigenvalue weighted by molar-refractivity contribution is 5.92. The lowest BCUT2D eigenvalue weighted by molar-refractivity contribution is 0.0905. The van der Waals surface area contributed by atoms with Gasteiger partial charge in [-0.1, -0.05) is 26.8 Å². The Kier molecular flexibility index (Phi) is 3.52. The van der Waals surface area contributed by atoms with Gasteiger partial charge in [0, 0.05) is 6.04 Å². The second-order valence-corrected chi connectivity index (χ2v) is 5.01. The van der Waals surface area contributed by atoms with E-state index in [1.54, 1.807) is 18.2 Å². The average Bonchev–Trinajstić information content (AvgIpc) is 2.16. The quantitative estimate of drug-likeness (QED) is 0.800. The van der Waals surface area contributed by atoms with Crippen molar-refractivity contribution < 1.29 is 4.79 Å². The van der Waals surface area contributed by atoms with E-state index in [1.165, 1.54) is 0 Å². The number of pyridine rings is 1. The van der Waals surface area contributed by atoms with Crippen molar-refractivity contribution in [2.45, 2.75) is 33.7 Å². The lowest BCUT2D eigenvalue weighted by Gasteiger charge is -2.27. The molecule has 4 nitrogen and oxygen atoms in total. The van der Waals surface area contributed by atoms with Crippen LogP contribution in [-0.4, -0.2) is 16.9 Å². The number of nitrogen functional groups attached to an aromatic ring is 1. The van der Waals surface area contributed by atoms with Crippen molar-refractivity contribution in [3.63, 3.8) is 0 Å². The molecule has 1 unspecified atom stereocenters. The number of hydrogen-bond donors (Lipinski definition) is 2. The summed E-state index contributed by atoms with van der Waals surface area (Å²) >= 11 is 0. The summed E-state index contributed by atoms with van der Waals surface area (Å²) in [5, 5.41) is 2.91. The smallest absolute Gasteiger partial charge is 0.270 e. The van der Waals surface area contributed by atoms with Gasteiger partial charge in [-0.2, -0.15) is 0 Å². The van der Waals surface area contributed by atoms with Crippen molar-refractivity contribution in [2.75, 3.05) is 5.73 Å². The van der Waals surface area contributed by atoms with Gasteiger partial charge in [0.15, 0.2) is 0 Å². The summed E-state index contributed by atoms with van der Waals surface area (Å²) in [5.41, 5.74) is 5.90. The maximum Gasteiger partial charge on any atom is 0.270 e. The summed E-state index contributed by atoms with van der Waals surface area (Å²) < 4.78 is 0. The van der Waals surface area contributed by atoms with E-state index >= 15 is 0 Å². The molecule has 0 spiro atoms. The third-order valence-corrected chi connectivity index (χ3v) is 2.65. The van der Waals surface area contributed by atoms with Gasteiger partial charge < -0.3 is 11.1 Å². The monoisotopic (exact) mass is 221 g/mol. The normalized spacial score (nSPS) is 13.2. The van der Waals surface area contributed by atoms with E-state index in [2.05, 4.69) is 31.1 Å². The molecule has 1 rings (SSSR count). The van der Waals surface area contributed by atoms with E-state index in [4.69, 9.17) is 5.73 Å². The van der Waals surface area contributed by atoms with E-state index in [9.17, 15) is 4.79 Å². The summed E-state index contributed by atoms with van der Waals surface area (Å²) in [7, 11) is 0. The zero-order valence-electron chi connectivity index (χ0n) is 10.2. The van der Waals surface area contributed by atoms with Crippen molar-refractivity contribution in [1.29, 1.82) is 0 Å². The van der Waals surface area contributed by atoms with E-state index in [0.717, 1.165) is 0 Å². The van der Waals surface area contributed by atoms with Crippen LogP contribution < -0.4 is 11.1 Å². The number of anilines is 1. The van der Waals surface area contributed by atoms with Crippen molar-refractivity contribution in [3.8, 4) is 0 Å². The van der Waals surface area contributed by atoms with Gasteiger partial charge in [0.25, 0.3) is 5.91 Å². The van der Waals surface area contributed by atoms with Gasteiger partial charge in [-0.15, -0.1) is 0 Å². The number of nitrogens with zero attached hydrogens (tertiary/aromatic N) is 1. The first-order valence-corrected chi connectivity index (χ1v) is 5.34. The lowest BCUT2D eigenvalue weighted by Crippen LogP contribution is -2.41. The third-order valence-electron chi connectivity index (χ3n) is 2.65. The number of aromatic nitrogens is 1. The zero-order valence-corrected chi connectivity index (χ0v) is 10.2. The molecular weight excluding hydrogens is 202 g/mol. The standard InChI is InChI=1S/C12H19N3O/c1-8(12(2,3)4)14-11(16)9-6-5-7-10(13)15-9/h5-8H,1-4H3,(H2,13,15)(H,14,16). The highest BCUT2D eigenvalue weighted by atomic mass is 16.1. The van der Waals surface area contributed by atoms with Crippen LogP contribution in [-0.2, 0) is 0 Å². The number of nitrogens with one attached hydrogen (secondary N) is 1. The van der Waals surface area contributed by atoms with Gasteiger partial charge in [-0.05, 0) is 24.5 Å². The van der Waals surface area contributed by atoms with Crippen LogP contribution in [0.5, 0.6) is 0 Å². The van der Waals surface area contributed by atoms with E-state index in [-0.39, 0.29) is 17.4 Å². The molecule has 1 heterocycles. The number of nitrogens with two attached hydrogens (primary N) is 1. The molecule has 0 bridgehead atoms. The Bertz CT molecular complexity index is 382. The number of carbonyl (C=O) groups is 1. The second-order valence-electron chi connectivity index (χ2n) is 5.01. The molecule has 0 aliphatic rings. The maximum atomic E-state index is 11.8. The van der Waals surface area contributed by atoms with Crippen LogP contribution >= 0.6 is 0 Å². The van der Waals surface area contributed by atoms with E-state index in [1.807, 2.05) is 6.92 Å². The first-order valence-electron chi connectivity index (χ1n) is 5.34. The fourth-order valence-electron chi connectivity index (χ4n) is 1.07. The van der Waals surface area contributed by atoms with Crippen LogP contribution in [0.2, 0.25) is 0 Å². The molecule has 1 aromatic heterocycles. The molecule has 0 aliphatic carbocycles. The Hall–Kier alpha value is -1.58. The molecule has 1 atom stereocenters. The van der Waals surface area contributed by atoms with Crippen molar-refractivity contribution in [2.24, 2.45) is 5.41 Å². The Balaban J connectivity index is 2.74. The topological polar surface area (TPSA) is 68.0 Å². The van der Waals surface area contributed by atoms with Crippen LogP contribution in [0.15, 0.2) is 18.2 Å². The SMILES string of the molecule is CC(NC(=O)c1cccc(N)n1)C(C)(C)C. The minimum atomic E-state index is -0.185. The molecule has 1 amide bonds. The highest BCUT2D eigenvalue weighted by Gasteiger charge is 2.22. The summed E-state index contributed by atoms with van der Waals surface area (Å²) in [6.07, 6.45) is 0. The van der Waals surface area contributed by atoms with Crippen LogP contribution in [0, 0.1) is 5.41 Å². The largest absolute Gasteiger partial charge is 0.384 e. The molecule has 4 heteroatoms. The maximum absolute atomic E-state index is 11.8. The van der Waals surface area contributed by atoms with Gasteiger partial charge in [-0.3, -0.25) is 4.79 Å². The van der Waals surface area contributed by atoms with Gasteiger partial charge >= 0.3 is 0 Å². The Labute approximate surface area is 96.3 Å². The predicted molar refractivity (Wildman–Crippen MR) is 65.0 cm³/mol. The van der Waals surface area contributed by atoms with Gasteiger partial charge in [0.1, 0.15) is 11.5 Å². The summed E-state index contributed by atoms with van der Waals surface area (Å²) in [6.45, 7) is 8.20. The fourth-order valence-corrected chi connectivity index (χ4v) is 1.07. The van der Waals surface area contributed by atoms with Crippen molar-refractivity contribution >= 4 is 11.7 Å². The predicted octanol–water partition coefficient (Wildman–Crippen LogP) is 1.83. The minimum Gasteiger partial charge on any atom is -0.384 e. The fraction of sp³-hybridized carbons (Fsp3) is 0.500. The molecule has 0 aliphatic heterocycles. The van der Waals surface area contributed by atoms with Gasteiger partial charge in [-0.25, -0.2) is 4.98 Å². The molecule has 88 valence electrons. The molecule has 0 saturated heterocycles. The number of hydrogen-bond acceptors (Lipinski definition) is 3. The molecule has 1 aromatic rings. The van der Waals surface area contributed by atoms with Crippen LogP contribution in [0.1, 0.15) is 38.2 Å². The Morgan fingerprint density at radius 2 is 2.06 bits per heavy atom. The molecule has 16 heavy (non-hydrogen) atoms. The minimum absolute atomic E-state index is 0.0238. The Morgan fingerprint density at radius 1 is 1.44 bits per heavy atom. The molecule has 0 saturated carbocycles. The highest BCUT2D eigenvalue weighted by Crippen LogP contribution is 2.18. The number of amides is 1. The lowest BCUT2D eigenvalue weighted by atomic mass is 9.88. The van der Waals surface area contributed by atoms with Crippen molar-refractivity contribution in [3.05, 3.63) is 23.9 Å². The first kappa shape index (κ1) is 12.5. The van der Waals surface area contributed by atoms with Crippen LogP contribution in [0.4, 0.5) is 5.82 Å². The number of carbonyl (C=O) groups excluding carboxylic acids is 1. The average molecular weight is 221 g/mol. The molecule has 0 fully saturated rings. The zero-order chi connectivity index (χ0) is 12.3. The van der Waals surface area contributed by atoms with Gasteiger partial charge in [0.2, 0.25) is 0 Å². The molecular formula is C12H19N3O. The van der Waals surface area contributed by atoms with E-state index in [0.29, 0.717) is 11.5 Å². The van der Waals surface area contributed by atoms with Gasteiger partial charge in [0.05, 0.1) is 0 Å². The summed E-state index contributed by atoms with van der Waals surface area (Å²) in [4.78, 5) is 15.8. The molecule has 3 N–H and O–H groups in total. The summed E-state index contributed by atoms with van der Waals surface area (Å²) in [6, 6.07) is 5.10. The molecule has 0 radical (unpaired) electrons. The van der Waals surface area contributed by atoms with Crippen LogP contribution in [0.3, 0.4) is 0 Å². The van der Waals surface area contributed by atoms with Crippen molar-refractivity contribution in [1.82, 2.24) is 10.3 Å². The second kappa shape index (κ2) is 4.51. The number of rotatable bonds is 2. The Morgan fingerprint density at radius 3 is 2.56 bits per heavy atom. The third kappa shape index (κ3) is 3.22. The summed E-state index contributed by atoms with van der Waals surface area (Å²) in [5.74, 6) is 0.172. The van der Waals surface area contributed by atoms with E-state index < -0.39 is 0 Å². The first-order chi connectivity index (χ1) is 7.30. The molecule has 0 aromatic carbocycles.